The van der Waals surface area contributed by atoms with Gasteiger partial charge in [0.25, 0.3) is 0 Å². The highest BCUT2D eigenvalue weighted by atomic mass is 16.7. The summed E-state index contributed by atoms with van der Waals surface area (Å²) in [4.78, 5) is 11.7. The Morgan fingerprint density at radius 1 is 1.36 bits per heavy atom. The van der Waals surface area contributed by atoms with Crippen LogP contribution in [-0.4, -0.2) is 38.9 Å². The summed E-state index contributed by atoms with van der Waals surface area (Å²) in [6, 6.07) is 5.46. The Labute approximate surface area is 130 Å². The summed E-state index contributed by atoms with van der Waals surface area (Å²) in [5.41, 5.74) is 0. The van der Waals surface area contributed by atoms with Crippen LogP contribution >= 0.6 is 0 Å². The molecule has 2 aliphatic rings. The molecule has 0 aromatic heterocycles. The molecule has 1 saturated heterocycles. The fourth-order valence-electron chi connectivity index (χ4n) is 2.71. The summed E-state index contributed by atoms with van der Waals surface area (Å²) >= 11 is 0. The third-order valence-electron chi connectivity index (χ3n) is 3.98. The second-order valence-corrected chi connectivity index (χ2v) is 5.61. The standard InChI is InChI=1S/C16H22N2O4/c19-16(4-1-12-5-6-17-10-12)18-7-8-20-13-2-3-14-15(9-13)22-11-21-14/h2-3,9,12,17H,1,4-8,10-11H2,(H,18,19). The number of nitrogens with one attached hydrogen (secondary N) is 2. The summed E-state index contributed by atoms with van der Waals surface area (Å²) < 4.78 is 16.1. The van der Waals surface area contributed by atoms with Gasteiger partial charge in [0, 0.05) is 12.5 Å². The fraction of sp³-hybridized carbons (Fsp3) is 0.562. The van der Waals surface area contributed by atoms with E-state index in [1.54, 1.807) is 6.07 Å². The van der Waals surface area contributed by atoms with Crippen LogP contribution in [0.1, 0.15) is 19.3 Å². The van der Waals surface area contributed by atoms with Crippen molar-refractivity contribution in [2.75, 3.05) is 33.0 Å². The van der Waals surface area contributed by atoms with Gasteiger partial charge in [0.1, 0.15) is 12.4 Å². The minimum absolute atomic E-state index is 0.0983. The van der Waals surface area contributed by atoms with Gasteiger partial charge in [-0.15, -0.1) is 0 Å². The van der Waals surface area contributed by atoms with Crippen molar-refractivity contribution in [3.05, 3.63) is 18.2 Å². The molecule has 0 radical (unpaired) electrons. The van der Waals surface area contributed by atoms with Gasteiger partial charge in [0.15, 0.2) is 11.5 Å². The topological polar surface area (TPSA) is 68.8 Å². The lowest BCUT2D eigenvalue weighted by atomic mass is 10.0. The summed E-state index contributed by atoms with van der Waals surface area (Å²) in [6.07, 6.45) is 2.73. The van der Waals surface area contributed by atoms with Crippen LogP contribution in [0, 0.1) is 5.92 Å². The predicted octanol–water partition coefficient (Wildman–Crippen LogP) is 1.30. The maximum Gasteiger partial charge on any atom is 0.231 e. The molecule has 0 bridgehead atoms. The van der Waals surface area contributed by atoms with Crippen LogP contribution in [-0.2, 0) is 4.79 Å². The first-order valence-electron chi connectivity index (χ1n) is 7.81. The molecule has 1 amide bonds. The van der Waals surface area contributed by atoms with E-state index in [0.29, 0.717) is 31.2 Å². The molecule has 6 nitrogen and oxygen atoms in total. The molecule has 2 aliphatic heterocycles. The highest BCUT2D eigenvalue weighted by Gasteiger charge is 2.16. The average molecular weight is 306 g/mol. The summed E-state index contributed by atoms with van der Waals surface area (Å²) in [5, 5.41) is 6.20. The van der Waals surface area contributed by atoms with E-state index in [4.69, 9.17) is 14.2 Å². The lowest BCUT2D eigenvalue weighted by Crippen LogP contribution is -2.28. The Balaban J connectivity index is 1.30. The van der Waals surface area contributed by atoms with Gasteiger partial charge >= 0.3 is 0 Å². The Morgan fingerprint density at radius 3 is 3.14 bits per heavy atom. The van der Waals surface area contributed by atoms with Crippen LogP contribution < -0.4 is 24.8 Å². The molecule has 120 valence electrons. The van der Waals surface area contributed by atoms with Crippen molar-refractivity contribution in [1.29, 1.82) is 0 Å². The molecule has 1 aromatic rings. The third kappa shape index (κ3) is 4.04. The smallest absolute Gasteiger partial charge is 0.231 e. The van der Waals surface area contributed by atoms with Crippen LogP contribution in [0.25, 0.3) is 0 Å². The first kappa shape index (κ1) is 15.0. The monoisotopic (exact) mass is 306 g/mol. The SMILES string of the molecule is O=C(CCC1CCNC1)NCCOc1ccc2c(c1)OCO2. The van der Waals surface area contributed by atoms with Gasteiger partial charge in [-0.3, -0.25) is 4.79 Å². The molecule has 22 heavy (non-hydrogen) atoms. The molecule has 1 aromatic carbocycles. The molecule has 1 unspecified atom stereocenters. The van der Waals surface area contributed by atoms with Crippen molar-refractivity contribution in [3.8, 4) is 17.2 Å². The first-order valence-corrected chi connectivity index (χ1v) is 7.81. The minimum Gasteiger partial charge on any atom is -0.492 e. The fourth-order valence-corrected chi connectivity index (χ4v) is 2.71. The van der Waals surface area contributed by atoms with E-state index < -0.39 is 0 Å². The number of fused-ring (bicyclic) bond motifs is 1. The number of carbonyl (C=O) groups is 1. The van der Waals surface area contributed by atoms with E-state index in [1.165, 1.54) is 6.42 Å². The molecule has 2 N–H and O–H groups in total. The molecular formula is C16H22N2O4. The summed E-state index contributed by atoms with van der Waals surface area (Å²) in [5.74, 6) is 2.90. The molecule has 0 saturated carbocycles. The zero-order chi connectivity index (χ0) is 15.2. The zero-order valence-corrected chi connectivity index (χ0v) is 12.6. The Bertz CT molecular complexity index is 515. The normalized spacial score (nSPS) is 19.2. The molecule has 2 heterocycles. The van der Waals surface area contributed by atoms with Gasteiger partial charge in [-0.1, -0.05) is 0 Å². The number of ether oxygens (including phenoxy) is 3. The van der Waals surface area contributed by atoms with Crippen molar-refractivity contribution in [1.82, 2.24) is 10.6 Å². The van der Waals surface area contributed by atoms with Crippen molar-refractivity contribution in [2.45, 2.75) is 19.3 Å². The zero-order valence-electron chi connectivity index (χ0n) is 12.6. The number of carbonyl (C=O) groups excluding carboxylic acids is 1. The van der Waals surface area contributed by atoms with E-state index in [2.05, 4.69) is 10.6 Å². The maximum absolute atomic E-state index is 11.7. The quantitative estimate of drug-likeness (QED) is 0.743. The third-order valence-corrected chi connectivity index (χ3v) is 3.98. The lowest BCUT2D eigenvalue weighted by Gasteiger charge is -2.10. The van der Waals surface area contributed by atoms with Crippen LogP contribution in [0.15, 0.2) is 18.2 Å². The molecule has 1 fully saturated rings. The highest BCUT2D eigenvalue weighted by Crippen LogP contribution is 2.34. The van der Waals surface area contributed by atoms with Gasteiger partial charge in [-0.05, 0) is 44.0 Å². The maximum atomic E-state index is 11.7. The van der Waals surface area contributed by atoms with Crippen molar-refractivity contribution >= 4 is 5.91 Å². The number of hydrogen-bond acceptors (Lipinski definition) is 5. The van der Waals surface area contributed by atoms with E-state index in [9.17, 15) is 4.79 Å². The van der Waals surface area contributed by atoms with Gasteiger partial charge in [0.05, 0.1) is 6.54 Å². The van der Waals surface area contributed by atoms with Crippen molar-refractivity contribution < 1.29 is 19.0 Å². The Morgan fingerprint density at radius 2 is 2.27 bits per heavy atom. The highest BCUT2D eigenvalue weighted by molar-refractivity contribution is 5.75. The Hall–Kier alpha value is -1.95. The predicted molar refractivity (Wildman–Crippen MR) is 81.3 cm³/mol. The molecule has 6 heteroatoms. The summed E-state index contributed by atoms with van der Waals surface area (Å²) in [6.45, 7) is 3.33. The Kier molecular flexibility index (Phi) is 5.00. The van der Waals surface area contributed by atoms with E-state index >= 15 is 0 Å². The lowest BCUT2D eigenvalue weighted by molar-refractivity contribution is -0.121. The number of hydrogen-bond donors (Lipinski definition) is 2. The van der Waals surface area contributed by atoms with Crippen LogP contribution in [0.2, 0.25) is 0 Å². The van der Waals surface area contributed by atoms with Gasteiger partial charge in [-0.25, -0.2) is 0 Å². The van der Waals surface area contributed by atoms with Crippen molar-refractivity contribution in [3.63, 3.8) is 0 Å². The van der Waals surface area contributed by atoms with Gasteiger partial charge < -0.3 is 24.8 Å². The second-order valence-electron chi connectivity index (χ2n) is 5.61. The molecule has 0 aliphatic carbocycles. The second kappa shape index (κ2) is 7.35. The van der Waals surface area contributed by atoms with Gasteiger partial charge in [-0.2, -0.15) is 0 Å². The van der Waals surface area contributed by atoms with Gasteiger partial charge in [0.2, 0.25) is 12.7 Å². The first-order chi connectivity index (χ1) is 10.8. The van der Waals surface area contributed by atoms with Crippen molar-refractivity contribution in [2.24, 2.45) is 5.92 Å². The van der Waals surface area contributed by atoms with Crippen LogP contribution in [0.5, 0.6) is 17.2 Å². The molecule has 1 atom stereocenters. The van der Waals surface area contributed by atoms with E-state index in [-0.39, 0.29) is 12.7 Å². The minimum atomic E-state index is 0.0983. The van der Waals surface area contributed by atoms with E-state index in [0.717, 1.165) is 31.0 Å². The largest absolute Gasteiger partial charge is 0.492 e. The van der Waals surface area contributed by atoms with Crippen LogP contribution in [0.4, 0.5) is 0 Å². The molecular weight excluding hydrogens is 284 g/mol. The number of benzene rings is 1. The van der Waals surface area contributed by atoms with E-state index in [1.807, 2.05) is 12.1 Å². The number of amides is 1. The average Bonchev–Trinajstić information content (AvgIpc) is 3.20. The number of rotatable bonds is 7. The summed E-state index contributed by atoms with van der Waals surface area (Å²) in [7, 11) is 0. The molecule has 0 spiro atoms. The van der Waals surface area contributed by atoms with Crippen LogP contribution in [0.3, 0.4) is 0 Å². The molecule has 3 rings (SSSR count).